The number of benzene rings is 2. The third-order valence-corrected chi connectivity index (χ3v) is 5.01. The van der Waals surface area contributed by atoms with E-state index >= 15 is 0 Å². The van der Waals surface area contributed by atoms with Crippen LogP contribution >= 0.6 is 0 Å². The summed E-state index contributed by atoms with van der Waals surface area (Å²) in [4.78, 5) is 17.1. The summed E-state index contributed by atoms with van der Waals surface area (Å²) < 4.78 is 10.8. The molecule has 0 bridgehead atoms. The summed E-state index contributed by atoms with van der Waals surface area (Å²) in [7, 11) is 3.77. The van der Waals surface area contributed by atoms with Crippen molar-refractivity contribution >= 4 is 11.6 Å². The van der Waals surface area contributed by atoms with Crippen molar-refractivity contribution in [2.24, 2.45) is 0 Å². The first-order chi connectivity index (χ1) is 13.5. The average Bonchev–Trinajstić information content (AvgIpc) is 2.73. The van der Waals surface area contributed by atoms with Crippen LogP contribution in [-0.2, 0) is 11.3 Å². The quantitative estimate of drug-likeness (QED) is 0.796. The topological polar surface area (TPSA) is 54.0 Å². The van der Waals surface area contributed by atoms with Gasteiger partial charge in [-0.3, -0.25) is 4.79 Å². The van der Waals surface area contributed by atoms with Gasteiger partial charge in [0.15, 0.2) is 6.10 Å². The van der Waals surface area contributed by atoms with Crippen LogP contribution in [0.25, 0.3) is 0 Å². The minimum Gasteiger partial charge on any atom is -0.497 e. The largest absolute Gasteiger partial charge is 0.497 e. The molecule has 0 aromatic heterocycles. The Kier molecular flexibility index (Phi) is 6.76. The second-order valence-corrected chi connectivity index (χ2v) is 7.11. The first kappa shape index (κ1) is 20.0. The standard InChI is InChI=1S/C22H29N3O3/c1-17(28-21-10-8-20(27-3)9-11-21)22(26)23-16-18-4-6-19(7-5-18)25-14-12-24(2)13-15-25/h4-11,17H,12-16H2,1-3H3,(H,23,26). The van der Waals surface area contributed by atoms with E-state index in [0.29, 0.717) is 12.3 Å². The first-order valence-corrected chi connectivity index (χ1v) is 9.66. The third-order valence-electron chi connectivity index (χ3n) is 5.01. The fourth-order valence-corrected chi connectivity index (χ4v) is 3.13. The number of ether oxygens (including phenoxy) is 2. The van der Waals surface area contributed by atoms with Crippen molar-refractivity contribution in [1.29, 1.82) is 0 Å². The molecule has 0 aliphatic carbocycles. The Hall–Kier alpha value is -2.73. The molecule has 1 saturated heterocycles. The van der Waals surface area contributed by atoms with E-state index in [1.165, 1.54) is 5.69 Å². The van der Waals surface area contributed by atoms with Gasteiger partial charge in [0.1, 0.15) is 11.5 Å². The second-order valence-electron chi connectivity index (χ2n) is 7.11. The van der Waals surface area contributed by atoms with E-state index in [9.17, 15) is 4.79 Å². The molecule has 150 valence electrons. The molecule has 1 amide bonds. The number of methoxy groups -OCH3 is 1. The molecule has 1 aliphatic heterocycles. The number of nitrogens with zero attached hydrogens (tertiary/aromatic N) is 2. The SMILES string of the molecule is COc1ccc(OC(C)C(=O)NCc2ccc(N3CCN(C)CC3)cc2)cc1. The van der Waals surface area contributed by atoms with Gasteiger partial charge in [-0.25, -0.2) is 0 Å². The molecule has 1 heterocycles. The minimum atomic E-state index is -0.571. The molecule has 0 saturated carbocycles. The van der Waals surface area contributed by atoms with E-state index in [2.05, 4.69) is 46.4 Å². The van der Waals surface area contributed by atoms with Crippen molar-refractivity contribution in [3.8, 4) is 11.5 Å². The average molecular weight is 383 g/mol. The maximum atomic E-state index is 12.3. The fourth-order valence-electron chi connectivity index (χ4n) is 3.13. The number of hydrogen-bond acceptors (Lipinski definition) is 5. The number of likely N-dealkylation sites (N-methyl/N-ethyl adjacent to an activating group) is 1. The number of nitrogens with one attached hydrogen (secondary N) is 1. The van der Waals surface area contributed by atoms with Crippen molar-refractivity contribution in [3.05, 3.63) is 54.1 Å². The van der Waals surface area contributed by atoms with Gasteiger partial charge in [0.05, 0.1) is 7.11 Å². The number of anilines is 1. The summed E-state index contributed by atoms with van der Waals surface area (Å²) >= 11 is 0. The molecule has 1 fully saturated rings. The van der Waals surface area contributed by atoms with Gasteiger partial charge in [-0.1, -0.05) is 12.1 Å². The van der Waals surface area contributed by atoms with Crippen molar-refractivity contribution in [2.45, 2.75) is 19.6 Å². The monoisotopic (exact) mass is 383 g/mol. The van der Waals surface area contributed by atoms with Crippen LogP contribution in [0.15, 0.2) is 48.5 Å². The normalized spacial score (nSPS) is 15.8. The zero-order chi connectivity index (χ0) is 19.9. The van der Waals surface area contributed by atoms with Crippen molar-refractivity contribution in [2.75, 3.05) is 45.2 Å². The Morgan fingerprint density at radius 2 is 1.61 bits per heavy atom. The molecule has 1 atom stereocenters. The van der Waals surface area contributed by atoms with Gasteiger partial charge in [-0.05, 0) is 55.9 Å². The first-order valence-electron chi connectivity index (χ1n) is 9.66. The maximum absolute atomic E-state index is 12.3. The highest BCUT2D eigenvalue weighted by Gasteiger charge is 2.16. The highest BCUT2D eigenvalue weighted by Crippen LogP contribution is 2.19. The number of rotatable bonds is 7. The molecule has 28 heavy (non-hydrogen) atoms. The molecule has 0 radical (unpaired) electrons. The summed E-state index contributed by atoms with van der Waals surface area (Å²) in [5.74, 6) is 1.25. The van der Waals surface area contributed by atoms with Crippen LogP contribution in [0.4, 0.5) is 5.69 Å². The van der Waals surface area contributed by atoms with Gasteiger partial charge >= 0.3 is 0 Å². The summed E-state index contributed by atoms with van der Waals surface area (Å²) in [6, 6.07) is 15.6. The van der Waals surface area contributed by atoms with Crippen LogP contribution in [0.3, 0.4) is 0 Å². The van der Waals surface area contributed by atoms with Crippen LogP contribution in [0, 0.1) is 0 Å². The van der Waals surface area contributed by atoms with Crippen molar-refractivity contribution in [1.82, 2.24) is 10.2 Å². The zero-order valence-electron chi connectivity index (χ0n) is 16.9. The lowest BCUT2D eigenvalue weighted by molar-refractivity contribution is -0.127. The highest BCUT2D eigenvalue weighted by molar-refractivity contribution is 5.80. The lowest BCUT2D eigenvalue weighted by Gasteiger charge is -2.34. The molecular formula is C22H29N3O3. The summed E-state index contributed by atoms with van der Waals surface area (Å²) in [5.41, 5.74) is 2.31. The summed E-state index contributed by atoms with van der Waals surface area (Å²) in [6.07, 6.45) is -0.571. The minimum absolute atomic E-state index is 0.140. The molecule has 6 nitrogen and oxygen atoms in total. The molecule has 0 spiro atoms. The molecule has 6 heteroatoms. The van der Waals surface area contributed by atoms with Crippen LogP contribution in [-0.4, -0.2) is 57.2 Å². The molecule has 1 unspecified atom stereocenters. The number of amides is 1. The maximum Gasteiger partial charge on any atom is 0.261 e. The van der Waals surface area contributed by atoms with Gasteiger partial charge in [0.25, 0.3) is 5.91 Å². The van der Waals surface area contributed by atoms with E-state index < -0.39 is 6.10 Å². The van der Waals surface area contributed by atoms with Gasteiger partial charge in [-0.15, -0.1) is 0 Å². The number of carbonyl (C=O) groups excluding carboxylic acids is 1. The lowest BCUT2D eigenvalue weighted by Crippen LogP contribution is -2.44. The number of piperazine rings is 1. The third kappa shape index (κ3) is 5.39. The number of carbonyl (C=O) groups is 1. The van der Waals surface area contributed by atoms with E-state index in [1.54, 1.807) is 26.2 Å². The fraction of sp³-hybridized carbons (Fsp3) is 0.409. The van der Waals surface area contributed by atoms with Crippen LogP contribution in [0.5, 0.6) is 11.5 Å². The zero-order valence-corrected chi connectivity index (χ0v) is 16.9. The Morgan fingerprint density at radius 3 is 2.21 bits per heavy atom. The highest BCUT2D eigenvalue weighted by atomic mass is 16.5. The van der Waals surface area contributed by atoms with Crippen molar-refractivity contribution < 1.29 is 14.3 Å². The van der Waals surface area contributed by atoms with Gasteiger partial charge in [-0.2, -0.15) is 0 Å². The molecular weight excluding hydrogens is 354 g/mol. The predicted molar refractivity (Wildman–Crippen MR) is 111 cm³/mol. The van der Waals surface area contributed by atoms with E-state index in [0.717, 1.165) is 37.5 Å². The summed E-state index contributed by atoms with van der Waals surface area (Å²) in [5, 5.41) is 2.94. The predicted octanol–water partition coefficient (Wildman–Crippen LogP) is 2.53. The Labute approximate surface area is 167 Å². The van der Waals surface area contributed by atoms with E-state index in [4.69, 9.17) is 9.47 Å². The molecule has 2 aromatic carbocycles. The summed E-state index contributed by atoms with van der Waals surface area (Å²) in [6.45, 7) is 6.50. The number of hydrogen-bond donors (Lipinski definition) is 1. The lowest BCUT2D eigenvalue weighted by atomic mass is 10.1. The second kappa shape index (κ2) is 9.46. The van der Waals surface area contributed by atoms with Crippen LogP contribution < -0.4 is 19.7 Å². The van der Waals surface area contributed by atoms with E-state index in [-0.39, 0.29) is 5.91 Å². The Morgan fingerprint density at radius 1 is 1.00 bits per heavy atom. The van der Waals surface area contributed by atoms with Crippen molar-refractivity contribution in [3.63, 3.8) is 0 Å². The van der Waals surface area contributed by atoms with Gasteiger partial charge < -0.3 is 24.6 Å². The molecule has 3 rings (SSSR count). The van der Waals surface area contributed by atoms with Gasteiger partial charge in [0, 0.05) is 38.4 Å². The Bertz CT molecular complexity index is 754. The van der Waals surface area contributed by atoms with E-state index in [1.807, 2.05) is 12.1 Å². The molecule has 1 N–H and O–H groups in total. The Balaban J connectivity index is 1.46. The smallest absolute Gasteiger partial charge is 0.261 e. The van der Waals surface area contributed by atoms with Crippen LogP contribution in [0.1, 0.15) is 12.5 Å². The van der Waals surface area contributed by atoms with Crippen LogP contribution in [0.2, 0.25) is 0 Å². The molecule has 1 aliphatic rings. The molecule has 2 aromatic rings. The van der Waals surface area contributed by atoms with Gasteiger partial charge in [0.2, 0.25) is 0 Å².